The summed E-state index contributed by atoms with van der Waals surface area (Å²) >= 11 is 0. The quantitative estimate of drug-likeness (QED) is 0.909. The van der Waals surface area contributed by atoms with Gasteiger partial charge in [0.05, 0.1) is 6.04 Å². The summed E-state index contributed by atoms with van der Waals surface area (Å²) < 4.78 is 0. The van der Waals surface area contributed by atoms with Crippen LogP contribution in [-0.4, -0.2) is 23.8 Å². The van der Waals surface area contributed by atoms with Gasteiger partial charge in [-0.05, 0) is 24.1 Å². The lowest BCUT2D eigenvalue weighted by Crippen LogP contribution is -2.48. The maximum atomic E-state index is 12.1. The van der Waals surface area contributed by atoms with Crippen molar-refractivity contribution in [1.29, 1.82) is 0 Å². The van der Waals surface area contributed by atoms with Gasteiger partial charge in [0.15, 0.2) is 0 Å². The predicted octanol–water partition coefficient (Wildman–Crippen LogP) is 1.90. The minimum atomic E-state index is -0.287. The second-order valence-electron chi connectivity index (χ2n) is 5.39. The maximum Gasteiger partial charge on any atom is 0.257 e. The number of hydrogen-bond donors (Lipinski definition) is 2. The van der Waals surface area contributed by atoms with E-state index in [0.29, 0.717) is 18.4 Å². The average Bonchev–Trinajstić information content (AvgIpc) is 2.56. The molecule has 1 aliphatic heterocycles. The monoisotopic (exact) mass is 307 g/mol. The number of rotatable bonds is 3. The third-order valence-corrected chi connectivity index (χ3v) is 3.57. The van der Waals surface area contributed by atoms with Gasteiger partial charge in [0.25, 0.3) is 5.91 Å². The Balaban J connectivity index is 1.70. The summed E-state index contributed by atoms with van der Waals surface area (Å²) in [4.78, 5) is 28.4. The number of nitrogens with one attached hydrogen (secondary N) is 2. The first-order valence-electron chi connectivity index (χ1n) is 7.49. The Labute approximate surface area is 134 Å². The van der Waals surface area contributed by atoms with Crippen LogP contribution in [0, 0.1) is 0 Å². The second kappa shape index (κ2) is 6.87. The number of hydrogen-bond acceptors (Lipinski definition) is 3. The molecule has 2 amide bonds. The number of benzene rings is 2. The van der Waals surface area contributed by atoms with Gasteiger partial charge in [0, 0.05) is 12.0 Å². The van der Waals surface area contributed by atoms with Crippen LogP contribution >= 0.6 is 0 Å². The highest BCUT2D eigenvalue weighted by atomic mass is 16.2. The first-order valence-corrected chi connectivity index (χ1v) is 7.49. The van der Waals surface area contributed by atoms with Crippen molar-refractivity contribution in [3.63, 3.8) is 0 Å². The van der Waals surface area contributed by atoms with Crippen LogP contribution in [-0.2, 0) is 11.2 Å². The van der Waals surface area contributed by atoms with Gasteiger partial charge in [-0.25, -0.2) is 4.99 Å². The number of nitrogens with zero attached hydrogens (tertiary/aromatic N) is 1. The van der Waals surface area contributed by atoms with E-state index in [4.69, 9.17) is 0 Å². The van der Waals surface area contributed by atoms with E-state index in [2.05, 4.69) is 15.6 Å². The molecule has 0 spiro atoms. The SMILES string of the molecule is O=C1CC(Cc2ccccc2)N=C(NC(=O)c2ccccc2)N1. The fourth-order valence-corrected chi connectivity index (χ4v) is 2.49. The Bertz CT molecular complexity index is 726. The van der Waals surface area contributed by atoms with Gasteiger partial charge in [-0.2, -0.15) is 0 Å². The molecule has 0 aliphatic carbocycles. The van der Waals surface area contributed by atoms with Gasteiger partial charge in [0.2, 0.25) is 11.9 Å². The van der Waals surface area contributed by atoms with Crippen LogP contribution in [0.1, 0.15) is 22.3 Å². The van der Waals surface area contributed by atoms with Gasteiger partial charge in [-0.15, -0.1) is 0 Å². The molecule has 116 valence electrons. The van der Waals surface area contributed by atoms with Crippen molar-refractivity contribution in [2.24, 2.45) is 4.99 Å². The van der Waals surface area contributed by atoms with Crippen LogP contribution in [0.4, 0.5) is 0 Å². The molecule has 3 rings (SSSR count). The third-order valence-electron chi connectivity index (χ3n) is 3.57. The van der Waals surface area contributed by atoms with Crippen LogP contribution < -0.4 is 10.6 Å². The number of amides is 2. The fraction of sp³-hybridized carbons (Fsp3) is 0.167. The summed E-state index contributed by atoms with van der Waals surface area (Å²) in [5.74, 6) is -0.203. The number of carbonyl (C=O) groups excluding carboxylic acids is 2. The van der Waals surface area contributed by atoms with E-state index in [1.807, 2.05) is 36.4 Å². The molecule has 5 heteroatoms. The molecule has 0 saturated heterocycles. The minimum Gasteiger partial charge on any atom is -0.296 e. The molecule has 2 aromatic carbocycles. The Hall–Kier alpha value is -2.95. The third kappa shape index (κ3) is 4.03. The van der Waals surface area contributed by atoms with Crippen molar-refractivity contribution < 1.29 is 9.59 Å². The van der Waals surface area contributed by atoms with Gasteiger partial charge in [-0.1, -0.05) is 48.5 Å². The molecule has 0 radical (unpaired) electrons. The molecular formula is C18H17N3O2. The highest BCUT2D eigenvalue weighted by Gasteiger charge is 2.22. The molecule has 1 atom stereocenters. The lowest BCUT2D eigenvalue weighted by molar-refractivity contribution is -0.120. The van der Waals surface area contributed by atoms with Gasteiger partial charge in [-0.3, -0.25) is 20.2 Å². The van der Waals surface area contributed by atoms with E-state index in [1.54, 1.807) is 24.3 Å². The average molecular weight is 307 g/mol. The molecule has 1 heterocycles. The zero-order valence-corrected chi connectivity index (χ0v) is 12.5. The van der Waals surface area contributed by atoms with Crippen LogP contribution in [0.2, 0.25) is 0 Å². The number of carbonyl (C=O) groups is 2. The van der Waals surface area contributed by atoms with Crippen molar-refractivity contribution in [3.05, 3.63) is 71.8 Å². The molecule has 1 unspecified atom stereocenters. The van der Waals surface area contributed by atoms with Gasteiger partial charge < -0.3 is 0 Å². The molecule has 2 aromatic rings. The molecule has 23 heavy (non-hydrogen) atoms. The molecule has 0 fully saturated rings. The standard InChI is InChI=1S/C18H17N3O2/c22-16-12-15(11-13-7-3-1-4-8-13)19-18(20-16)21-17(23)14-9-5-2-6-10-14/h1-10,15H,11-12H2,(H2,19,20,21,22,23). The van der Waals surface area contributed by atoms with Gasteiger partial charge >= 0.3 is 0 Å². The summed E-state index contributed by atoms with van der Waals surface area (Å²) in [5, 5.41) is 5.27. The van der Waals surface area contributed by atoms with Crippen molar-refractivity contribution in [2.75, 3.05) is 0 Å². The Morgan fingerprint density at radius 3 is 2.43 bits per heavy atom. The molecule has 0 bridgehead atoms. The van der Waals surface area contributed by atoms with E-state index in [1.165, 1.54) is 0 Å². The Morgan fingerprint density at radius 2 is 1.74 bits per heavy atom. The highest BCUT2D eigenvalue weighted by Crippen LogP contribution is 2.11. The van der Waals surface area contributed by atoms with E-state index in [-0.39, 0.29) is 23.8 Å². The molecule has 2 N–H and O–H groups in total. The fourth-order valence-electron chi connectivity index (χ4n) is 2.49. The largest absolute Gasteiger partial charge is 0.296 e. The summed E-state index contributed by atoms with van der Waals surface area (Å²) in [5.41, 5.74) is 1.64. The predicted molar refractivity (Wildman–Crippen MR) is 88.0 cm³/mol. The smallest absolute Gasteiger partial charge is 0.257 e. The molecule has 0 aromatic heterocycles. The van der Waals surface area contributed by atoms with Crippen molar-refractivity contribution >= 4 is 17.8 Å². The Kier molecular flexibility index (Phi) is 4.47. The highest BCUT2D eigenvalue weighted by molar-refractivity contribution is 6.10. The molecule has 5 nitrogen and oxygen atoms in total. The van der Waals surface area contributed by atoms with Crippen molar-refractivity contribution in [2.45, 2.75) is 18.9 Å². The topological polar surface area (TPSA) is 70.6 Å². The zero-order chi connectivity index (χ0) is 16.1. The zero-order valence-electron chi connectivity index (χ0n) is 12.5. The molecular weight excluding hydrogens is 290 g/mol. The number of guanidine groups is 1. The second-order valence-corrected chi connectivity index (χ2v) is 5.39. The summed E-state index contributed by atoms with van der Waals surface area (Å²) in [7, 11) is 0. The van der Waals surface area contributed by atoms with E-state index < -0.39 is 0 Å². The molecule has 1 aliphatic rings. The number of aliphatic imine (C=N–C) groups is 1. The molecule has 0 saturated carbocycles. The first-order chi connectivity index (χ1) is 11.2. The van der Waals surface area contributed by atoms with Crippen molar-refractivity contribution in [3.8, 4) is 0 Å². The maximum absolute atomic E-state index is 12.1. The Morgan fingerprint density at radius 1 is 1.09 bits per heavy atom. The lowest BCUT2D eigenvalue weighted by Gasteiger charge is -2.21. The first kappa shape index (κ1) is 15.0. The van der Waals surface area contributed by atoms with E-state index in [0.717, 1.165) is 5.56 Å². The van der Waals surface area contributed by atoms with E-state index in [9.17, 15) is 9.59 Å². The summed E-state index contributed by atoms with van der Waals surface area (Å²) in [6, 6.07) is 18.5. The van der Waals surface area contributed by atoms with Gasteiger partial charge in [0.1, 0.15) is 0 Å². The van der Waals surface area contributed by atoms with Crippen LogP contribution in [0.25, 0.3) is 0 Å². The lowest BCUT2D eigenvalue weighted by atomic mass is 10.0. The van der Waals surface area contributed by atoms with Crippen molar-refractivity contribution in [1.82, 2.24) is 10.6 Å². The van der Waals surface area contributed by atoms with Crippen LogP contribution in [0.3, 0.4) is 0 Å². The van der Waals surface area contributed by atoms with E-state index >= 15 is 0 Å². The summed E-state index contributed by atoms with van der Waals surface area (Å²) in [6.45, 7) is 0. The van der Waals surface area contributed by atoms with Crippen LogP contribution in [0.15, 0.2) is 65.7 Å². The normalized spacial score (nSPS) is 17.1. The summed E-state index contributed by atoms with van der Waals surface area (Å²) in [6.07, 6.45) is 0.985. The minimum absolute atomic E-state index is 0.135. The van der Waals surface area contributed by atoms with Crippen LogP contribution in [0.5, 0.6) is 0 Å².